The van der Waals surface area contributed by atoms with Crippen LogP contribution in [0.3, 0.4) is 0 Å². The fourth-order valence-electron chi connectivity index (χ4n) is 2.78. The highest BCUT2D eigenvalue weighted by Crippen LogP contribution is 2.29. The van der Waals surface area contributed by atoms with Gasteiger partial charge in [-0.05, 0) is 60.7 Å². The van der Waals surface area contributed by atoms with Gasteiger partial charge in [0.2, 0.25) is 0 Å². The van der Waals surface area contributed by atoms with Crippen molar-refractivity contribution in [2.24, 2.45) is 5.92 Å². The van der Waals surface area contributed by atoms with Crippen LogP contribution in [0.5, 0.6) is 0 Å². The quantitative estimate of drug-likeness (QED) is 0.581. The minimum atomic E-state index is 0.576. The Hall–Kier alpha value is -0.990. The van der Waals surface area contributed by atoms with Crippen LogP contribution in [0.2, 0.25) is 5.02 Å². The van der Waals surface area contributed by atoms with Gasteiger partial charge < -0.3 is 4.90 Å². The lowest BCUT2D eigenvalue weighted by atomic mass is 10.0. The molecule has 1 nitrogen and oxygen atoms in total. The van der Waals surface area contributed by atoms with Crippen LogP contribution in [0.25, 0.3) is 0 Å². The molecular formula is C19H23BrClN. The van der Waals surface area contributed by atoms with Crippen molar-refractivity contribution in [3.8, 4) is 0 Å². The number of anilines is 1. The molecule has 0 aromatic heterocycles. The molecule has 22 heavy (non-hydrogen) atoms. The molecule has 0 fully saturated rings. The molecule has 2 aromatic rings. The van der Waals surface area contributed by atoms with Gasteiger partial charge in [-0.3, -0.25) is 0 Å². The van der Waals surface area contributed by atoms with Gasteiger partial charge >= 0.3 is 0 Å². The highest BCUT2D eigenvalue weighted by Gasteiger charge is 2.15. The van der Waals surface area contributed by atoms with E-state index in [0.29, 0.717) is 5.92 Å². The lowest BCUT2D eigenvalue weighted by molar-refractivity contribution is 0.608. The summed E-state index contributed by atoms with van der Waals surface area (Å²) in [6.45, 7) is 10.7. The second kappa shape index (κ2) is 7.52. The second-order valence-corrected chi connectivity index (χ2v) is 7.57. The Morgan fingerprint density at radius 1 is 1.09 bits per heavy atom. The minimum Gasteiger partial charge on any atom is -0.366 e. The smallest absolute Gasteiger partial charge is 0.0639 e. The number of para-hydroxylation sites is 1. The monoisotopic (exact) mass is 379 g/mol. The van der Waals surface area contributed by atoms with Crippen LogP contribution in [0.4, 0.5) is 5.69 Å². The van der Waals surface area contributed by atoms with E-state index in [0.717, 1.165) is 28.3 Å². The van der Waals surface area contributed by atoms with Crippen molar-refractivity contribution >= 4 is 33.2 Å². The van der Waals surface area contributed by atoms with E-state index in [4.69, 9.17) is 11.6 Å². The van der Waals surface area contributed by atoms with Gasteiger partial charge in [-0.1, -0.05) is 53.5 Å². The summed E-state index contributed by atoms with van der Waals surface area (Å²) in [6, 6.07) is 12.5. The Kier molecular flexibility index (Phi) is 5.94. The Morgan fingerprint density at radius 2 is 1.68 bits per heavy atom. The Balaban J connectivity index is 2.38. The molecule has 0 aliphatic carbocycles. The zero-order valence-corrected chi connectivity index (χ0v) is 16.0. The summed E-state index contributed by atoms with van der Waals surface area (Å²) in [4.78, 5) is 2.39. The maximum Gasteiger partial charge on any atom is 0.0639 e. The van der Waals surface area contributed by atoms with E-state index in [1.807, 2.05) is 12.1 Å². The molecule has 0 atom stereocenters. The molecule has 0 unspecified atom stereocenters. The molecular weight excluding hydrogens is 358 g/mol. The summed E-state index contributed by atoms with van der Waals surface area (Å²) in [7, 11) is 0. The molecule has 0 N–H and O–H groups in total. The third kappa shape index (κ3) is 4.27. The van der Waals surface area contributed by atoms with Gasteiger partial charge in [0.25, 0.3) is 0 Å². The van der Waals surface area contributed by atoms with Gasteiger partial charge in [0.05, 0.1) is 10.7 Å². The predicted octanol–water partition coefficient (Wildman–Crippen LogP) is 6.38. The van der Waals surface area contributed by atoms with E-state index in [-0.39, 0.29) is 0 Å². The average Bonchev–Trinajstić information content (AvgIpc) is 2.41. The average molecular weight is 381 g/mol. The largest absolute Gasteiger partial charge is 0.366 e. The van der Waals surface area contributed by atoms with E-state index < -0.39 is 0 Å². The molecule has 2 aromatic carbocycles. The van der Waals surface area contributed by atoms with Crippen LogP contribution in [-0.2, 0) is 6.54 Å². The van der Waals surface area contributed by atoms with E-state index in [9.17, 15) is 0 Å². The number of hydrogen-bond acceptors (Lipinski definition) is 1. The van der Waals surface area contributed by atoms with Crippen molar-refractivity contribution in [2.75, 3.05) is 11.4 Å². The zero-order valence-electron chi connectivity index (χ0n) is 13.7. The summed E-state index contributed by atoms with van der Waals surface area (Å²) in [5.41, 5.74) is 5.11. The van der Waals surface area contributed by atoms with Crippen molar-refractivity contribution < 1.29 is 0 Å². The van der Waals surface area contributed by atoms with Crippen molar-refractivity contribution in [1.82, 2.24) is 0 Å². The van der Waals surface area contributed by atoms with E-state index in [1.54, 1.807) is 0 Å². The molecule has 0 bridgehead atoms. The van der Waals surface area contributed by atoms with Crippen LogP contribution in [0.1, 0.15) is 30.5 Å². The number of aryl methyl sites for hydroxylation is 2. The molecule has 0 aliphatic heterocycles. The fraction of sp³-hybridized carbons (Fsp3) is 0.368. The van der Waals surface area contributed by atoms with Crippen molar-refractivity contribution in [3.63, 3.8) is 0 Å². The number of hydrogen-bond donors (Lipinski definition) is 0. The normalized spacial score (nSPS) is 11.0. The number of nitrogens with zero attached hydrogens (tertiary/aromatic N) is 1. The Morgan fingerprint density at radius 3 is 2.23 bits per heavy atom. The standard InChI is InChI=1S/C19H23BrClN/c1-13(2)11-22(19-8-6-5-7-18(19)21)12-17-14(3)9-16(20)10-15(17)4/h5-10,13H,11-12H2,1-4H3. The topological polar surface area (TPSA) is 3.24 Å². The molecule has 0 heterocycles. The number of benzene rings is 2. The van der Waals surface area contributed by atoms with Crippen LogP contribution in [0.15, 0.2) is 40.9 Å². The molecule has 0 aliphatic rings. The van der Waals surface area contributed by atoms with Gasteiger partial charge in [0.1, 0.15) is 0 Å². The highest BCUT2D eigenvalue weighted by atomic mass is 79.9. The molecule has 0 radical (unpaired) electrons. The molecule has 0 spiro atoms. The molecule has 2 rings (SSSR count). The maximum absolute atomic E-state index is 6.42. The number of rotatable bonds is 5. The van der Waals surface area contributed by atoms with Gasteiger partial charge in [0.15, 0.2) is 0 Å². The maximum atomic E-state index is 6.42. The van der Waals surface area contributed by atoms with Crippen molar-refractivity contribution in [3.05, 3.63) is 62.6 Å². The zero-order chi connectivity index (χ0) is 16.3. The van der Waals surface area contributed by atoms with Crippen LogP contribution in [-0.4, -0.2) is 6.54 Å². The summed E-state index contributed by atoms with van der Waals surface area (Å²) >= 11 is 10.00. The van der Waals surface area contributed by atoms with Crippen LogP contribution < -0.4 is 4.90 Å². The van der Waals surface area contributed by atoms with E-state index in [2.05, 4.69) is 72.8 Å². The third-order valence-corrected chi connectivity index (χ3v) is 4.57. The number of halogens is 2. The molecule has 3 heteroatoms. The Labute approximate surface area is 147 Å². The second-order valence-electron chi connectivity index (χ2n) is 6.24. The molecule has 118 valence electrons. The summed E-state index contributed by atoms with van der Waals surface area (Å²) < 4.78 is 1.14. The van der Waals surface area contributed by atoms with E-state index >= 15 is 0 Å². The minimum absolute atomic E-state index is 0.576. The summed E-state index contributed by atoms with van der Waals surface area (Å²) in [5.74, 6) is 0.576. The van der Waals surface area contributed by atoms with Crippen molar-refractivity contribution in [2.45, 2.75) is 34.2 Å². The van der Waals surface area contributed by atoms with Crippen LogP contribution in [0, 0.1) is 19.8 Å². The van der Waals surface area contributed by atoms with Gasteiger partial charge in [-0.2, -0.15) is 0 Å². The first-order valence-electron chi connectivity index (χ1n) is 7.63. The summed E-state index contributed by atoms with van der Waals surface area (Å²) in [5, 5.41) is 0.815. The predicted molar refractivity (Wildman–Crippen MR) is 101 cm³/mol. The Bertz CT molecular complexity index is 629. The lowest BCUT2D eigenvalue weighted by Crippen LogP contribution is -2.28. The first-order valence-corrected chi connectivity index (χ1v) is 8.80. The van der Waals surface area contributed by atoms with Gasteiger partial charge in [-0.25, -0.2) is 0 Å². The lowest BCUT2D eigenvalue weighted by Gasteiger charge is -2.29. The van der Waals surface area contributed by atoms with Crippen molar-refractivity contribution in [1.29, 1.82) is 0 Å². The van der Waals surface area contributed by atoms with E-state index in [1.165, 1.54) is 16.7 Å². The van der Waals surface area contributed by atoms with Gasteiger partial charge in [-0.15, -0.1) is 0 Å². The first-order chi connectivity index (χ1) is 10.4. The third-order valence-electron chi connectivity index (χ3n) is 3.79. The summed E-state index contributed by atoms with van der Waals surface area (Å²) in [6.07, 6.45) is 0. The fourth-order valence-corrected chi connectivity index (χ4v) is 3.72. The molecule has 0 amide bonds. The highest BCUT2D eigenvalue weighted by molar-refractivity contribution is 9.10. The SMILES string of the molecule is Cc1cc(Br)cc(C)c1CN(CC(C)C)c1ccccc1Cl. The van der Waals surface area contributed by atoms with Gasteiger partial charge in [0, 0.05) is 17.6 Å². The first kappa shape index (κ1) is 17.4. The van der Waals surface area contributed by atoms with Crippen LogP contribution >= 0.6 is 27.5 Å². The molecule has 0 saturated carbocycles. The molecule has 0 saturated heterocycles.